The fourth-order valence-electron chi connectivity index (χ4n) is 5.70. The molecule has 6 rings (SSSR count). The van der Waals surface area contributed by atoms with Gasteiger partial charge in [-0.1, -0.05) is 12.8 Å². The number of rotatable bonds is 5. The molecule has 0 unspecified atom stereocenters. The third kappa shape index (κ3) is 5.09. The lowest BCUT2D eigenvalue weighted by Crippen LogP contribution is -2.40. The standard InChI is InChI=1S/C28H32F2N6O/c29-23-14-19(15-25-28(23)37-13-12-36(25)21-4-1-2-5-21)27-24(30)18-33-26(34-27)16-20-6-7-22(17-32-20)35-10-3-8-31-9-11-35/h6-7,14-15,17-18,21,31H,1-5,8-13,16H2. The third-order valence-corrected chi connectivity index (χ3v) is 7.60. The lowest BCUT2D eigenvalue weighted by molar-refractivity contribution is 0.285. The predicted molar refractivity (Wildman–Crippen MR) is 139 cm³/mol. The number of anilines is 2. The highest BCUT2D eigenvalue weighted by molar-refractivity contribution is 5.72. The highest BCUT2D eigenvalue weighted by atomic mass is 19.1. The lowest BCUT2D eigenvalue weighted by Gasteiger charge is -2.36. The van der Waals surface area contributed by atoms with E-state index < -0.39 is 11.6 Å². The van der Waals surface area contributed by atoms with Crippen LogP contribution in [-0.4, -0.2) is 60.3 Å². The number of halogens is 2. The van der Waals surface area contributed by atoms with Crippen molar-refractivity contribution in [3.63, 3.8) is 0 Å². The van der Waals surface area contributed by atoms with Gasteiger partial charge in [-0.3, -0.25) is 4.98 Å². The molecule has 1 aromatic carbocycles. The zero-order valence-electron chi connectivity index (χ0n) is 20.9. The van der Waals surface area contributed by atoms with Crippen LogP contribution in [0.4, 0.5) is 20.2 Å². The van der Waals surface area contributed by atoms with Gasteiger partial charge in [0.05, 0.1) is 36.7 Å². The van der Waals surface area contributed by atoms with E-state index in [1.54, 1.807) is 0 Å². The summed E-state index contributed by atoms with van der Waals surface area (Å²) in [5.41, 5.74) is 3.06. The number of hydrogen-bond acceptors (Lipinski definition) is 7. The van der Waals surface area contributed by atoms with Gasteiger partial charge in [-0.2, -0.15) is 0 Å². The maximum absolute atomic E-state index is 15.1. The molecular formula is C28H32F2N6O. The van der Waals surface area contributed by atoms with Gasteiger partial charge in [0.25, 0.3) is 0 Å². The molecule has 2 aromatic heterocycles. The number of fused-ring (bicyclic) bond motifs is 1. The molecule has 7 nitrogen and oxygen atoms in total. The van der Waals surface area contributed by atoms with Crippen LogP contribution in [0.25, 0.3) is 11.3 Å². The summed E-state index contributed by atoms with van der Waals surface area (Å²) in [6.45, 7) is 5.10. The Morgan fingerprint density at radius 2 is 1.84 bits per heavy atom. The Labute approximate surface area is 215 Å². The zero-order chi connectivity index (χ0) is 25.2. The van der Waals surface area contributed by atoms with Crippen molar-refractivity contribution in [2.45, 2.75) is 44.6 Å². The van der Waals surface area contributed by atoms with Crippen molar-refractivity contribution in [1.82, 2.24) is 20.3 Å². The molecule has 0 amide bonds. The van der Waals surface area contributed by atoms with E-state index in [1.165, 1.54) is 25.1 Å². The number of aromatic nitrogens is 3. The second kappa shape index (κ2) is 10.6. The molecule has 1 saturated heterocycles. The van der Waals surface area contributed by atoms with Crippen LogP contribution < -0.4 is 19.9 Å². The van der Waals surface area contributed by atoms with E-state index in [1.807, 2.05) is 18.3 Å². The number of pyridine rings is 1. The van der Waals surface area contributed by atoms with E-state index in [2.05, 4.69) is 36.1 Å². The average molecular weight is 507 g/mol. The van der Waals surface area contributed by atoms with Crippen LogP contribution in [0, 0.1) is 11.6 Å². The molecule has 2 fully saturated rings. The zero-order valence-corrected chi connectivity index (χ0v) is 20.9. The third-order valence-electron chi connectivity index (χ3n) is 7.60. The number of hydrogen-bond donors (Lipinski definition) is 1. The first-order chi connectivity index (χ1) is 18.2. The van der Waals surface area contributed by atoms with Crippen LogP contribution in [0.3, 0.4) is 0 Å². The van der Waals surface area contributed by atoms with E-state index in [0.29, 0.717) is 42.7 Å². The van der Waals surface area contributed by atoms with E-state index in [9.17, 15) is 4.39 Å². The van der Waals surface area contributed by atoms with Gasteiger partial charge in [0, 0.05) is 36.9 Å². The van der Waals surface area contributed by atoms with Gasteiger partial charge in [-0.05, 0) is 50.1 Å². The van der Waals surface area contributed by atoms with E-state index in [4.69, 9.17) is 4.74 Å². The molecular weight excluding hydrogens is 474 g/mol. The van der Waals surface area contributed by atoms with Gasteiger partial charge >= 0.3 is 0 Å². The maximum atomic E-state index is 15.1. The second-order valence-electron chi connectivity index (χ2n) is 10.0. The molecule has 0 bridgehead atoms. The molecule has 0 radical (unpaired) electrons. The normalized spacial score (nSPS) is 18.4. The van der Waals surface area contributed by atoms with Gasteiger partial charge in [-0.25, -0.2) is 18.7 Å². The fraction of sp³-hybridized carbons (Fsp3) is 0.464. The summed E-state index contributed by atoms with van der Waals surface area (Å²) in [5, 5.41) is 3.41. The van der Waals surface area contributed by atoms with Crippen molar-refractivity contribution < 1.29 is 13.5 Å². The van der Waals surface area contributed by atoms with E-state index in [-0.39, 0.29) is 11.4 Å². The van der Waals surface area contributed by atoms with Gasteiger partial charge in [-0.15, -0.1) is 0 Å². The molecule has 2 aliphatic heterocycles. The Morgan fingerprint density at radius 3 is 2.68 bits per heavy atom. The first-order valence-electron chi connectivity index (χ1n) is 13.3. The highest BCUT2D eigenvalue weighted by Gasteiger charge is 2.30. The van der Waals surface area contributed by atoms with E-state index in [0.717, 1.165) is 56.8 Å². The number of nitrogens with one attached hydrogen (secondary N) is 1. The molecule has 4 heterocycles. The van der Waals surface area contributed by atoms with Crippen LogP contribution in [0.5, 0.6) is 5.75 Å². The van der Waals surface area contributed by atoms with Crippen molar-refractivity contribution in [3.8, 4) is 17.0 Å². The molecule has 3 aromatic rings. The summed E-state index contributed by atoms with van der Waals surface area (Å²) in [7, 11) is 0. The summed E-state index contributed by atoms with van der Waals surface area (Å²) < 4.78 is 35.7. The van der Waals surface area contributed by atoms with Crippen LogP contribution in [0.2, 0.25) is 0 Å². The largest absolute Gasteiger partial charge is 0.486 e. The quantitative estimate of drug-likeness (QED) is 0.552. The second-order valence-corrected chi connectivity index (χ2v) is 10.0. The minimum absolute atomic E-state index is 0.0948. The molecule has 1 N–H and O–H groups in total. The Morgan fingerprint density at radius 1 is 0.946 bits per heavy atom. The summed E-state index contributed by atoms with van der Waals surface area (Å²) in [5.74, 6) is -0.375. The predicted octanol–water partition coefficient (Wildman–Crippen LogP) is 4.35. The van der Waals surface area contributed by atoms with Crippen LogP contribution in [0.15, 0.2) is 36.7 Å². The van der Waals surface area contributed by atoms with Crippen LogP contribution in [0.1, 0.15) is 43.6 Å². The maximum Gasteiger partial charge on any atom is 0.178 e. The molecule has 194 valence electrons. The smallest absolute Gasteiger partial charge is 0.178 e. The SMILES string of the molecule is Fc1cnc(Cc2ccc(N3CCCNCC3)cn2)nc1-c1cc(F)c2c(c1)N(C1CCCC1)CCO2. The fourth-order valence-corrected chi connectivity index (χ4v) is 5.70. The monoisotopic (exact) mass is 506 g/mol. The van der Waals surface area contributed by atoms with Crippen LogP contribution >= 0.6 is 0 Å². The Kier molecular flexibility index (Phi) is 6.87. The molecule has 3 aliphatic rings. The minimum atomic E-state index is -0.578. The molecule has 0 spiro atoms. The molecule has 37 heavy (non-hydrogen) atoms. The van der Waals surface area contributed by atoms with Crippen LogP contribution in [-0.2, 0) is 6.42 Å². The highest BCUT2D eigenvalue weighted by Crippen LogP contribution is 2.41. The number of ether oxygens (including phenoxy) is 1. The van der Waals surface area contributed by atoms with Gasteiger partial charge in [0.2, 0.25) is 0 Å². The summed E-state index contributed by atoms with van der Waals surface area (Å²) in [6.07, 6.45) is 9.01. The Balaban J connectivity index is 1.25. The molecule has 1 saturated carbocycles. The summed E-state index contributed by atoms with van der Waals surface area (Å²) >= 11 is 0. The summed E-state index contributed by atoms with van der Waals surface area (Å²) in [4.78, 5) is 17.9. The van der Waals surface area contributed by atoms with Crippen molar-refractivity contribution in [3.05, 3.63) is 59.8 Å². The first kappa shape index (κ1) is 24.0. The minimum Gasteiger partial charge on any atom is -0.486 e. The molecule has 1 aliphatic carbocycles. The number of nitrogens with zero attached hydrogens (tertiary/aromatic N) is 5. The molecule has 9 heteroatoms. The number of benzene rings is 1. The lowest BCUT2D eigenvalue weighted by atomic mass is 10.1. The Hall–Kier alpha value is -3.33. The van der Waals surface area contributed by atoms with Gasteiger partial charge < -0.3 is 19.9 Å². The summed E-state index contributed by atoms with van der Waals surface area (Å²) in [6, 6.07) is 7.52. The average Bonchev–Trinajstić information content (AvgIpc) is 3.32. The molecule has 0 atom stereocenters. The van der Waals surface area contributed by atoms with Gasteiger partial charge in [0.1, 0.15) is 18.1 Å². The first-order valence-corrected chi connectivity index (χ1v) is 13.3. The Bertz CT molecular complexity index is 1240. The van der Waals surface area contributed by atoms with E-state index >= 15 is 4.39 Å². The van der Waals surface area contributed by atoms with Crippen molar-refractivity contribution >= 4 is 11.4 Å². The topological polar surface area (TPSA) is 66.4 Å². The van der Waals surface area contributed by atoms with Crippen molar-refractivity contribution in [2.24, 2.45) is 0 Å². The van der Waals surface area contributed by atoms with Gasteiger partial charge in [0.15, 0.2) is 17.4 Å². The van der Waals surface area contributed by atoms with Crippen molar-refractivity contribution in [2.75, 3.05) is 49.1 Å². The van der Waals surface area contributed by atoms with Crippen molar-refractivity contribution in [1.29, 1.82) is 0 Å².